The van der Waals surface area contributed by atoms with Gasteiger partial charge in [-0.05, 0) is 36.3 Å². The zero-order valence-electron chi connectivity index (χ0n) is 9.93. The van der Waals surface area contributed by atoms with E-state index in [0.29, 0.717) is 11.6 Å². The summed E-state index contributed by atoms with van der Waals surface area (Å²) in [6.45, 7) is 0. The van der Waals surface area contributed by atoms with Crippen LogP contribution in [0.2, 0.25) is 0 Å². The highest BCUT2D eigenvalue weighted by Crippen LogP contribution is 2.40. The van der Waals surface area contributed by atoms with E-state index in [1.807, 2.05) is 11.8 Å². The molecular formula is C13H10N2O2S2. The number of rotatable bonds is 1. The molecule has 4 heterocycles. The van der Waals surface area contributed by atoms with Crippen molar-refractivity contribution in [2.45, 2.75) is 17.1 Å². The number of aromatic amines is 1. The van der Waals surface area contributed by atoms with Crippen LogP contribution in [-0.4, -0.2) is 15.7 Å². The second-order valence-corrected chi connectivity index (χ2v) is 6.75. The summed E-state index contributed by atoms with van der Waals surface area (Å²) in [6, 6.07) is 3.58. The van der Waals surface area contributed by atoms with Crippen LogP contribution in [0.1, 0.15) is 12.0 Å². The van der Waals surface area contributed by atoms with Crippen LogP contribution in [0.3, 0.4) is 0 Å². The molecule has 1 aliphatic rings. The van der Waals surface area contributed by atoms with E-state index in [2.05, 4.69) is 9.97 Å². The lowest BCUT2D eigenvalue weighted by atomic mass is 10.1. The van der Waals surface area contributed by atoms with Crippen molar-refractivity contribution in [3.8, 4) is 11.6 Å². The minimum absolute atomic E-state index is 0.0589. The second-order valence-electron chi connectivity index (χ2n) is 4.39. The zero-order chi connectivity index (χ0) is 12.8. The number of aromatic nitrogens is 2. The molecule has 6 heteroatoms. The lowest BCUT2D eigenvalue weighted by Crippen LogP contribution is -2.10. The SMILES string of the molecule is O=c1[nH]c(-c2ccco2)nc2sc3c(c12)CCCS3. The first-order valence-corrected chi connectivity index (χ1v) is 7.85. The van der Waals surface area contributed by atoms with Crippen LogP contribution >= 0.6 is 23.1 Å². The predicted molar refractivity (Wildman–Crippen MR) is 77.0 cm³/mol. The Kier molecular flexibility index (Phi) is 2.53. The average Bonchev–Trinajstić information content (AvgIpc) is 3.05. The number of furan rings is 1. The average molecular weight is 290 g/mol. The molecule has 0 fully saturated rings. The molecule has 0 unspecified atom stereocenters. The van der Waals surface area contributed by atoms with E-state index in [1.54, 1.807) is 29.7 Å². The number of aryl methyl sites for hydroxylation is 1. The Bertz CT molecular complexity index is 802. The van der Waals surface area contributed by atoms with Crippen LogP contribution < -0.4 is 5.56 Å². The van der Waals surface area contributed by atoms with Crippen LogP contribution in [0.4, 0.5) is 0 Å². The fraction of sp³-hybridized carbons (Fsp3) is 0.231. The molecule has 0 saturated heterocycles. The van der Waals surface area contributed by atoms with Crippen molar-refractivity contribution in [1.82, 2.24) is 9.97 Å². The molecule has 96 valence electrons. The Morgan fingerprint density at radius 1 is 1.42 bits per heavy atom. The van der Waals surface area contributed by atoms with Gasteiger partial charge in [-0.15, -0.1) is 23.1 Å². The Labute approximate surface area is 116 Å². The van der Waals surface area contributed by atoms with E-state index in [-0.39, 0.29) is 5.56 Å². The van der Waals surface area contributed by atoms with E-state index in [0.717, 1.165) is 28.8 Å². The lowest BCUT2D eigenvalue weighted by Gasteiger charge is -2.08. The number of nitrogens with zero attached hydrogens (tertiary/aromatic N) is 1. The molecule has 0 saturated carbocycles. The highest BCUT2D eigenvalue weighted by Gasteiger charge is 2.20. The van der Waals surface area contributed by atoms with Crippen LogP contribution in [0, 0.1) is 0 Å². The molecule has 1 aliphatic heterocycles. The highest BCUT2D eigenvalue weighted by molar-refractivity contribution is 8.01. The second kappa shape index (κ2) is 4.25. The number of hydrogen-bond acceptors (Lipinski definition) is 5. The number of hydrogen-bond donors (Lipinski definition) is 1. The summed E-state index contributed by atoms with van der Waals surface area (Å²) in [5.41, 5.74) is 1.12. The van der Waals surface area contributed by atoms with Crippen LogP contribution in [0.5, 0.6) is 0 Å². The fourth-order valence-corrected chi connectivity index (χ4v) is 4.86. The topological polar surface area (TPSA) is 58.9 Å². The molecule has 19 heavy (non-hydrogen) atoms. The number of nitrogens with one attached hydrogen (secondary N) is 1. The maximum absolute atomic E-state index is 12.3. The van der Waals surface area contributed by atoms with Crippen molar-refractivity contribution in [3.63, 3.8) is 0 Å². The van der Waals surface area contributed by atoms with Gasteiger partial charge < -0.3 is 9.40 Å². The van der Waals surface area contributed by atoms with Gasteiger partial charge in [0, 0.05) is 0 Å². The van der Waals surface area contributed by atoms with Crippen LogP contribution in [-0.2, 0) is 6.42 Å². The van der Waals surface area contributed by atoms with E-state index in [4.69, 9.17) is 4.42 Å². The summed E-state index contributed by atoms with van der Waals surface area (Å²) in [4.78, 5) is 20.5. The third-order valence-corrected chi connectivity index (χ3v) is 5.71. The van der Waals surface area contributed by atoms with Crippen LogP contribution in [0.15, 0.2) is 31.8 Å². The molecule has 0 atom stereocenters. The number of H-pyrrole nitrogens is 1. The van der Waals surface area contributed by atoms with Crippen molar-refractivity contribution in [2.24, 2.45) is 0 Å². The minimum atomic E-state index is -0.0589. The summed E-state index contributed by atoms with van der Waals surface area (Å²) in [5.74, 6) is 2.23. The number of fused-ring (bicyclic) bond motifs is 3. The molecule has 0 spiro atoms. The van der Waals surface area contributed by atoms with Crippen LogP contribution in [0.25, 0.3) is 21.8 Å². The van der Waals surface area contributed by atoms with Crippen molar-refractivity contribution in [2.75, 3.05) is 5.75 Å². The molecular weight excluding hydrogens is 280 g/mol. The third-order valence-electron chi connectivity index (χ3n) is 3.18. The molecule has 3 aromatic rings. The summed E-state index contributed by atoms with van der Waals surface area (Å²) in [5, 5.41) is 0.766. The Morgan fingerprint density at radius 2 is 2.37 bits per heavy atom. The van der Waals surface area contributed by atoms with E-state index in [1.165, 1.54) is 9.77 Å². The third kappa shape index (κ3) is 1.74. The van der Waals surface area contributed by atoms with E-state index in [9.17, 15) is 4.79 Å². The molecule has 0 aliphatic carbocycles. The van der Waals surface area contributed by atoms with Gasteiger partial charge in [0.15, 0.2) is 11.6 Å². The lowest BCUT2D eigenvalue weighted by molar-refractivity contribution is 0.577. The quantitative estimate of drug-likeness (QED) is 0.747. The van der Waals surface area contributed by atoms with E-state index < -0.39 is 0 Å². The van der Waals surface area contributed by atoms with Crippen molar-refractivity contribution < 1.29 is 4.42 Å². The van der Waals surface area contributed by atoms with Gasteiger partial charge in [-0.3, -0.25) is 4.79 Å². The van der Waals surface area contributed by atoms with Gasteiger partial charge in [0.1, 0.15) is 4.83 Å². The summed E-state index contributed by atoms with van der Waals surface area (Å²) >= 11 is 3.44. The molecule has 4 rings (SSSR count). The Morgan fingerprint density at radius 3 is 3.21 bits per heavy atom. The van der Waals surface area contributed by atoms with Gasteiger partial charge in [-0.25, -0.2) is 4.98 Å². The minimum Gasteiger partial charge on any atom is -0.461 e. The standard InChI is InChI=1S/C13H10N2O2S2/c16-11-9-7-3-2-6-18-13(7)19-12(9)15-10(14-11)8-4-1-5-17-8/h1,4-5H,2-3,6H2,(H,14,15,16). The largest absolute Gasteiger partial charge is 0.461 e. The summed E-state index contributed by atoms with van der Waals surface area (Å²) < 4.78 is 6.54. The fourth-order valence-electron chi connectivity index (χ4n) is 2.33. The first-order chi connectivity index (χ1) is 9.33. The van der Waals surface area contributed by atoms with Gasteiger partial charge in [0.05, 0.1) is 15.9 Å². The van der Waals surface area contributed by atoms with Gasteiger partial charge in [-0.2, -0.15) is 0 Å². The van der Waals surface area contributed by atoms with Crippen molar-refractivity contribution in [1.29, 1.82) is 0 Å². The molecule has 4 nitrogen and oxygen atoms in total. The van der Waals surface area contributed by atoms with Gasteiger partial charge in [0.2, 0.25) is 0 Å². The monoisotopic (exact) mass is 290 g/mol. The Balaban J connectivity index is 2.00. The van der Waals surface area contributed by atoms with Gasteiger partial charge in [0.25, 0.3) is 5.56 Å². The number of thiophene rings is 1. The van der Waals surface area contributed by atoms with Crippen molar-refractivity contribution in [3.05, 3.63) is 34.3 Å². The first-order valence-electron chi connectivity index (χ1n) is 6.05. The normalized spacial score (nSPS) is 14.7. The molecule has 1 N–H and O–H groups in total. The molecule has 3 aromatic heterocycles. The summed E-state index contributed by atoms with van der Waals surface area (Å²) in [7, 11) is 0. The Hall–Kier alpha value is -1.53. The maximum Gasteiger partial charge on any atom is 0.260 e. The molecule has 0 bridgehead atoms. The van der Waals surface area contributed by atoms with E-state index >= 15 is 0 Å². The molecule has 0 amide bonds. The van der Waals surface area contributed by atoms with Gasteiger partial charge >= 0.3 is 0 Å². The zero-order valence-corrected chi connectivity index (χ0v) is 11.6. The smallest absolute Gasteiger partial charge is 0.260 e. The first kappa shape index (κ1) is 11.3. The highest BCUT2D eigenvalue weighted by atomic mass is 32.2. The summed E-state index contributed by atoms with van der Waals surface area (Å²) in [6.07, 6.45) is 3.69. The van der Waals surface area contributed by atoms with Crippen molar-refractivity contribution >= 4 is 33.3 Å². The van der Waals surface area contributed by atoms with Gasteiger partial charge in [-0.1, -0.05) is 0 Å². The number of thioether (sulfide) groups is 1. The maximum atomic E-state index is 12.3. The molecule has 0 aromatic carbocycles. The predicted octanol–water partition coefficient (Wildman–Crippen LogP) is 3.28. The molecule has 0 radical (unpaired) electrons.